The van der Waals surface area contributed by atoms with Crippen molar-refractivity contribution in [1.82, 2.24) is 0 Å². The number of halogens is 1. The Bertz CT molecular complexity index is 538. The van der Waals surface area contributed by atoms with Crippen LogP contribution in [0.1, 0.15) is 16.8 Å². The zero-order valence-electron chi connectivity index (χ0n) is 10.7. The van der Waals surface area contributed by atoms with E-state index in [2.05, 4.69) is 20.8 Å². The van der Waals surface area contributed by atoms with Gasteiger partial charge in [0.15, 0.2) is 0 Å². The predicted octanol–water partition coefficient (Wildman–Crippen LogP) is 1.94. The molecule has 1 heterocycles. The molecule has 0 spiro atoms. The molecule has 0 saturated carbocycles. The molecule has 1 amide bonds. The molecule has 1 aromatic carbocycles. The summed E-state index contributed by atoms with van der Waals surface area (Å²) in [5.41, 5.74) is 6.59. The van der Waals surface area contributed by atoms with Crippen molar-refractivity contribution in [1.29, 1.82) is 0 Å². The lowest BCUT2D eigenvalue weighted by Crippen LogP contribution is -2.43. The first-order valence-electron chi connectivity index (χ1n) is 6.14. The van der Waals surface area contributed by atoms with E-state index in [1.54, 1.807) is 23.9 Å². The summed E-state index contributed by atoms with van der Waals surface area (Å²) in [7, 11) is 0. The molecule has 108 valence electrons. The minimum atomic E-state index is -0.799. The van der Waals surface area contributed by atoms with Gasteiger partial charge in [-0.3, -0.25) is 9.59 Å². The lowest BCUT2D eigenvalue weighted by atomic mass is 10.1. The fraction of sp³-hybridized carbons (Fsp3) is 0.385. The summed E-state index contributed by atoms with van der Waals surface area (Å²) in [5.74, 6) is 0.470. The van der Waals surface area contributed by atoms with Crippen molar-refractivity contribution in [3.05, 3.63) is 28.2 Å². The highest BCUT2D eigenvalue weighted by molar-refractivity contribution is 9.10. The summed E-state index contributed by atoms with van der Waals surface area (Å²) in [6, 6.07) is 5.12. The van der Waals surface area contributed by atoms with Crippen LogP contribution in [-0.4, -0.2) is 41.1 Å². The molecule has 0 radical (unpaired) electrons. The third-order valence-electron chi connectivity index (χ3n) is 3.18. The number of amides is 1. The first kappa shape index (κ1) is 15.2. The summed E-state index contributed by atoms with van der Waals surface area (Å²) in [4.78, 5) is 24.2. The van der Waals surface area contributed by atoms with Crippen LogP contribution in [0.25, 0.3) is 0 Å². The van der Waals surface area contributed by atoms with Crippen molar-refractivity contribution in [2.75, 3.05) is 23.0 Å². The minimum Gasteiger partial charge on any atom is -0.481 e. The predicted molar refractivity (Wildman–Crippen MR) is 83.4 cm³/mol. The van der Waals surface area contributed by atoms with E-state index in [4.69, 9.17) is 10.8 Å². The maximum Gasteiger partial charge on any atom is 0.305 e. The third kappa shape index (κ3) is 3.46. The average Bonchev–Trinajstić information content (AvgIpc) is 2.39. The number of hydrogen-bond donors (Lipinski definition) is 2. The van der Waals surface area contributed by atoms with Crippen molar-refractivity contribution < 1.29 is 14.7 Å². The fourth-order valence-corrected chi connectivity index (χ4v) is 3.90. The van der Waals surface area contributed by atoms with Gasteiger partial charge in [-0.1, -0.05) is 0 Å². The molecule has 1 aromatic rings. The van der Waals surface area contributed by atoms with E-state index < -0.39 is 11.9 Å². The second-order valence-electron chi connectivity index (χ2n) is 4.55. The highest BCUT2D eigenvalue weighted by Gasteiger charge is 2.26. The number of carbonyl (C=O) groups is 2. The Morgan fingerprint density at radius 3 is 2.85 bits per heavy atom. The fourth-order valence-electron chi connectivity index (χ4n) is 2.24. The van der Waals surface area contributed by atoms with Crippen LogP contribution in [0.2, 0.25) is 0 Å². The van der Waals surface area contributed by atoms with Crippen LogP contribution in [0.15, 0.2) is 22.7 Å². The largest absolute Gasteiger partial charge is 0.481 e. The first-order valence-corrected chi connectivity index (χ1v) is 8.09. The molecule has 0 aromatic heterocycles. The molecule has 1 atom stereocenters. The van der Waals surface area contributed by atoms with Gasteiger partial charge in [0.25, 0.3) is 0 Å². The highest BCUT2D eigenvalue weighted by Crippen LogP contribution is 2.32. The number of nitrogens with zero attached hydrogens (tertiary/aromatic N) is 1. The number of carbonyl (C=O) groups excluding carboxylic acids is 1. The number of thioether (sulfide) groups is 1. The molecule has 1 saturated heterocycles. The Morgan fingerprint density at radius 2 is 2.25 bits per heavy atom. The molecule has 2 rings (SSSR count). The van der Waals surface area contributed by atoms with Crippen LogP contribution in [0.3, 0.4) is 0 Å². The number of benzene rings is 1. The summed E-state index contributed by atoms with van der Waals surface area (Å²) in [6.45, 7) is 0.789. The van der Waals surface area contributed by atoms with Crippen LogP contribution in [-0.2, 0) is 4.79 Å². The van der Waals surface area contributed by atoms with Crippen molar-refractivity contribution >= 4 is 45.3 Å². The van der Waals surface area contributed by atoms with Gasteiger partial charge in [0.1, 0.15) is 0 Å². The molecule has 0 aliphatic carbocycles. The van der Waals surface area contributed by atoms with Gasteiger partial charge in [0.05, 0.1) is 12.1 Å². The number of aliphatic carboxylic acids is 1. The molecular formula is C13H15BrN2O3S. The molecule has 0 bridgehead atoms. The Balaban J connectivity index is 2.27. The zero-order chi connectivity index (χ0) is 14.7. The van der Waals surface area contributed by atoms with Crippen LogP contribution >= 0.6 is 27.7 Å². The highest BCUT2D eigenvalue weighted by atomic mass is 79.9. The molecular weight excluding hydrogens is 344 g/mol. The second-order valence-corrected chi connectivity index (χ2v) is 6.55. The minimum absolute atomic E-state index is 0.0398. The average molecular weight is 359 g/mol. The number of nitrogens with two attached hydrogens (primary N) is 1. The van der Waals surface area contributed by atoms with Crippen molar-refractivity contribution in [3.8, 4) is 0 Å². The van der Waals surface area contributed by atoms with Crippen LogP contribution in [0, 0.1) is 0 Å². The SMILES string of the molecule is NC(=O)c1ccc(N2CCSCC2CC(=O)O)c(Br)c1. The quantitative estimate of drug-likeness (QED) is 0.859. The van der Waals surface area contributed by atoms with Crippen LogP contribution in [0.5, 0.6) is 0 Å². The van der Waals surface area contributed by atoms with Gasteiger partial charge in [0, 0.05) is 34.1 Å². The molecule has 3 N–H and O–H groups in total. The molecule has 1 unspecified atom stereocenters. The van der Waals surface area contributed by atoms with Gasteiger partial charge in [-0.15, -0.1) is 0 Å². The summed E-state index contributed by atoms with van der Waals surface area (Å²) in [5, 5.41) is 9.01. The van der Waals surface area contributed by atoms with Crippen LogP contribution in [0.4, 0.5) is 5.69 Å². The number of hydrogen-bond acceptors (Lipinski definition) is 4. The number of anilines is 1. The topological polar surface area (TPSA) is 83.6 Å². The summed E-state index contributed by atoms with van der Waals surface area (Å²) >= 11 is 5.20. The molecule has 1 aliphatic heterocycles. The normalized spacial score (nSPS) is 18.9. The lowest BCUT2D eigenvalue weighted by molar-refractivity contribution is -0.137. The van der Waals surface area contributed by atoms with Gasteiger partial charge in [0.2, 0.25) is 5.91 Å². The number of carboxylic acids is 1. The maximum atomic E-state index is 11.2. The Kier molecular flexibility index (Phi) is 4.93. The van der Waals surface area contributed by atoms with Crippen molar-refractivity contribution in [3.63, 3.8) is 0 Å². The summed E-state index contributed by atoms with van der Waals surface area (Å²) in [6.07, 6.45) is 0.108. The number of primary amides is 1. The van der Waals surface area contributed by atoms with Gasteiger partial charge < -0.3 is 15.7 Å². The van der Waals surface area contributed by atoms with Crippen LogP contribution < -0.4 is 10.6 Å². The van der Waals surface area contributed by atoms with Gasteiger partial charge in [-0.25, -0.2) is 0 Å². The third-order valence-corrected chi connectivity index (χ3v) is 4.91. The van der Waals surface area contributed by atoms with Gasteiger partial charge >= 0.3 is 5.97 Å². The molecule has 20 heavy (non-hydrogen) atoms. The van der Waals surface area contributed by atoms with E-state index in [1.165, 1.54) is 0 Å². The van der Waals surface area contributed by atoms with E-state index >= 15 is 0 Å². The standard InChI is InChI=1S/C13H15BrN2O3S/c14-10-5-8(13(15)19)1-2-11(10)16-3-4-20-7-9(16)6-12(17)18/h1-2,5,9H,3-4,6-7H2,(H2,15,19)(H,17,18). The monoisotopic (exact) mass is 358 g/mol. The molecule has 1 fully saturated rings. The van der Waals surface area contributed by atoms with Gasteiger partial charge in [-0.05, 0) is 34.1 Å². The number of rotatable bonds is 4. The van der Waals surface area contributed by atoms with E-state index in [9.17, 15) is 9.59 Å². The molecule has 5 nitrogen and oxygen atoms in total. The van der Waals surface area contributed by atoms with Gasteiger partial charge in [-0.2, -0.15) is 11.8 Å². The van der Waals surface area contributed by atoms with Crippen molar-refractivity contribution in [2.45, 2.75) is 12.5 Å². The van der Waals surface area contributed by atoms with E-state index in [-0.39, 0.29) is 12.5 Å². The summed E-state index contributed by atoms with van der Waals surface area (Å²) < 4.78 is 0.760. The van der Waals surface area contributed by atoms with Crippen molar-refractivity contribution in [2.24, 2.45) is 5.73 Å². The first-order chi connectivity index (χ1) is 9.49. The zero-order valence-corrected chi connectivity index (χ0v) is 13.1. The molecule has 7 heteroatoms. The Hall–Kier alpha value is -1.21. The maximum absolute atomic E-state index is 11.2. The van der Waals surface area contributed by atoms with E-state index in [0.717, 1.165) is 28.2 Å². The molecule has 1 aliphatic rings. The van der Waals surface area contributed by atoms with E-state index in [0.29, 0.717) is 5.56 Å². The lowest BCUT2D eigenvalue weighted by Gasteiger charge is -2.37. The Morgan fingerprint density at radius 1 is 1.50 bits per heavy atom. The second kappa shape index (κ2) is 6.49. The van der Waals surface area contributed by atoms with E-state index in [1.807, 2.05) is 6.07 Å². The Labute approximate surface area is 129 Å². The smallest absolute Gasteiger partial charge is 0.305 e. The number of carboxylic acid groups (broad SMARTS) is 1.